The standard InChI is InChI=1S/C19H22N4O2S2/c1-13-9-15(22-25-13)12-27-19-16(5-4-7-20-19)18(24)21-10-17(23(2)3)14-6-8-26-11-14/h4-9,11,17H,10,12H2,1-3H3,(H,21,24). The number of nitrogens with zero attached hydrogens (tertiary/aromatic N) is 3. The first-order chi connectivity index (χ1) is 13.0. The highest BCUT2D eigenvalue weighted by Crippen LogP contribution is 2.25. The van der Waals surface area contributed by atoms with Gasteiger partial charge in [0, 0.05) is 24.6 Å². The van der Waals surface area contributed by atoms with Crippen LogP contribution in [0.2, 0.25) is 0 Å². The molecule has 0 aliphatic carbocycles. The summed E-state index contributed by atoms with van der Waals surface area (Å²) in [5.74, 6) is 1.25. The fraction of sp³-hybridized carbons (Fsp3) is 0.316. The van der Waals surface area contributed by atoms with E-state index in [1.165, 1.54) is 17.3 Å². The van der Waals surface area contributed by atoms with Gasteiger partial charge in [0.05, 0.1) is 17.3 Å². The summed E-state index contributed by atoms with van der Waals surface area (Å²) < 4.78 is 5.09. The zero-order valence-electron chi connectivity index (χ0n) is 15.5. The topological polar surface area (TPSA) is 71.3 Å². The van der Waals surface area contributed by atoms with Crippen LogP contribution in [-0.2, 0) is 5.75 Å². The monoisotopic (exact) mass is 402 g/mol. The molecule has 3 rings (SSSR count). The van der Waals surface area contributed by atoms with Gasteiger partial charge in [-0.25, -0.2) is 4.98 Å². The number of hydrogen-bond donors (Lipinski definition) is 1. The fourth-order valence-electron chi connectivity index (χ4n) is 2.65. The van der Waals surface area contributed by atoms with E-state index in [9.17, 15) is 4.79 Å². The van der Waals surface area contributed by atoms with E-state index in [0.29, 0.717) is 22.9 Å². The summed E-state index contributed by atoms with van der Waals surface area (Å²) in [5.41, 5.74) is 2.61. The van der Waals surface area contributed by atoms with Crippen LogP contribution in [0.3, 0.4) is 0 Å². The Morgan fingerprint density at radius 3 is 2.93 bits per heavy atom. The number of nitrogens with one attached hydrogen (secondary N) is 1. The molecule has 3 aromatic rings. The number of amides is 1. The number of aromatic nitrogens is 2. The third-order valence-corrected chi connectivity index (χ3v) is 5.80. The number of hydrogen-bond acceptors (Lipinski definition) is 7. The number of thioether (sulfide) groups is 1. The molecule has 0 spiro atoms. The maximum atomic E-state index is 12.8. The van der Waals surface area contributed by atoms with Gasteiger partial charge in [-0.1, -0.05) is 16.9 Å². The van der Waals surface area contributed by atoms with E-state index in [0.717, 1.165) is 11.5 Å². The van der Waals surface area contributed by atoms with Gasteiger partial charge < -0.3 is 14.7 Å². The number of likely N-dealkylation sites (N-methyl/N-ethyl adjacent to an activating group) is 1. The summed E-state index contributed by atoms with van der Waals surface area (Å²) in [6.45, 7) is 2.39. The maximum absolute atomic E-state index is 12.8. The van der Waals surface area contributed by atoms with Gasteiger partial charge in [-0.3, -0.25) is 4.79 Å². The molecule has 0 aliphatic heterocycles. The third-order valence-electron chi connectivity index (χ3n) is 4.06. The summed E-state index contributed by atoms with van der Waals surface area (Å²) >= 11 is 3.14. The van der Waals surface area contributed by atoms with E-state index in [-0.39, 0.29) is 11.9 Å². The Morgan fingerprint density at radius 1 is 1.41 bits per heavy atom. The molecule has 0 aromatic carbocycles. The molecule has 0 saturated carbocycles. The SMILES string of the molecule is Cc1cc(CSc2ncccc2C(=O)NCC(c2ccsc2)N(C)C)no1. The Kier molecular flexibility index (Phi) is 6.65. The summed E-state index contributed by atoms with van der Waals surface area (Å²) in [4.78, 5) is 19.2. The van der Waals surface area contributed by atoms with Gasteiger partial charge in [0.1, 0.15) is 10.8 Å². The number of carbonyl (C=O) groups excluding carboxylic acids is 1. The van der Waals surface area contributed by atoms with Gasteiger partial charge >= 0.3 is 0 Å². The van der Waals surface area contributed by atoms with Gasteiger partial charge in [-0.2, -0.15) is 11.3 Å². The quantitative estimate of drug-likeness (QED) is 0.579. The molecule has 142 valence electrons. The highest BCUT2D eigenvalue weighted by Gasteiger charge is 2.18. The molecule has 1 amide bonds. The van der Waals surface area contributed by atoms with Crippen LogP contribution in [0, 0.1) is 6.92 Å². The summed E-state index contributed by atoms with van der Waals surface area (Å²) in [6.07, 6.45) is 1.70. The smallest absolute Gasteiger partial charge is 0.254 e. The second kappa shape index (κ2) is 9.16. The molecule has 3 aromatic heterocycles. The van der Waals surface area contributed by atoms with Crippen molar-refractivity contribution >= 4 is 29.0 Å². The molecule has 3 heterocycles. The highest BCUT2D eigenvalue weighted by molar-refractivity contribution is 7.98. The molecular formula is C19H22N4O2S2. The molecule has 1 unspecified atom stereocenters. The lowest BCUT2D eigenvalue weighted by Gasteiger charge is -2.24. The van der Waals surface area contributed by atoms with Crippen molar-refractivity contribution < 1.29 is 9.32 Å². The van der Waals surface area contributed by atoms with Crippen molar-refractivity contribution in [3.63, 3.8) is 0 Å². The second-order valence-corrected chi connectivity index (χ2v) is 8.06. The number of pyridine rings is 1. The third kappa shape index (κ3) is 5.18. The first-order valence-electron chi connectivity index (χ1n) is 8.51. The predicted molar refractivity (Wildman–Crippen MR) is 108 cm³/mol. The Balaban J connectivity index is 1.65. The Labute approximate surface area is 167 Å². The molecule has 1 atom stereocenters. The minimum atomic E-state index is -0.121. The number of aryl methyl sites for hydroxylation is 1. The van der Waals surface area contributed by atoms with Crippen molar-refractivity contribution in [1.82, 2.24) is 20.4 Å². The first-order valence-corrected chi connectivity index (χ1v) is 10.4. The van der Waals surface area contributed by atoms with Crippen LogP contribution in [0.25, 0.3) is 0 Å². The number of rotatable bonds is 8. The van der Waals surface area contributed by atoms with Crippen LogP contribution in [-0.4, -0.2) is 41.6 Å². The molecule has 0 bridgehead atoms. The lowest BCUT2D eigenvalue weighted by molar-refractivity contribution is 0.0938. The van der Waals surface area contributed by atoms with Crippen molar-refractivity contribution in [3.8, 4) is 0 Å². The molecule has 0 saturated heterocycles. The molecule has 0 radical (unpaired) electrons. The molecule has 0 fully saturated rings. The lowest BCUT2D eigenvalue weighted by Crippen LogP contribution is -2.34. The van der Waals surface area contributed by atoms with E-state index >= 15 is 0 Å². The molecule has 27 heavy (non-hydrogen) atoms. The molecule has 6 nitrogen and oxygen atoms in total. The Bertz CT molecular complexity index is 877. The van der Waals surface area contributed by atoms with Gasteiger partial charge in [-0.05, 0) is 55.5 Å². The second-order valence-electron chi connectivity index (χ2n) is 6.32. The zero-order chi connectivity index (χ0) is 19.2. The summed E-state index contributed by atoms with van der Waals surface area (Å²) in [6, 6.07) is 7.69. The van der Waals surface area contributed by atoms with Crippen LogP contribution in [0.15, 0.2) is 50.8 Å². The average Bonchev–Trinajstić information content (AvgIpc) is 3.32. The fourth-order valence-corrected chi connectivity index (χ4v) is 4.23. The van der Waals surface area contributed by atoms with Crippen LogP contribution in [0.4, 0.5) is 0 Å². The average molecular weight is 403 g/mol. The van der Waals surface area contributed by atoms with Crippen molar-refractivity contribution in [3.05, 3.63) is 63.8 Å². The lowest BCUT2D eigenvalue weighted by atomic mass is 10.1. The van der Waals surface area contributed by atoms with Crippen LogP contribution < -0.4 is 5.32 Å². The van der Waals surface area contributed by atoms with Crippen molar-refractivity contribution in [2.24, 2.45) is 0 Å². The minimum absolute atomic E-state index is 0.121. The van der Waals surface area contributed by atoms with E-state index in [1.54, 1.807) is 29.7 Å². The van der Waals surface area contributed by atoms with E-state index in [1.807, 2.05) is 27.1 Å². The van der Waals surface area contributed by atoms with Gasteiger partial charge in [0.25, 0.3) is 5.91 Å². The van der Waals surface area contributed by atoms with Crippen molar-refractivity contribution in [2.45, 2.75) is 23.7 Å². The highest BCUT2D eigenvalue weighted by atomic mass is 32.2. The minimum Gasteiger partial charge on any atom is -0.361 e. The van der Waals surface area contributed by atoms with E-state index in [2.05, 4.69) is 37.2 Å². The number of thiophene rings is 1. The largest absolute Gasteiger partial charge is 0.361 e. The Morgan fingerprint density at radius 2 is 2.26 bits per heavy atom. The first kappa shape index (κ1) is 19.6. The Hall–Kier alpha value is -2.16. The maximum Gasteiger partial charge on any atom is 0.254 e. The molecule has 1 N–H and O–H groups in total. The zero-order valence-corrected chi connectivity index (χ0v) is 17.1. The van der Waals surface area contributed by atoms with Crippen molar-refractivity contribution in [2.75, 3.05) is 20.6 Å². The predicted octanol–water partition coefficient (Wildman–Crippen LogP) is 3.76. The van der Waals surface area contributed by atoms with E-state index < -0.39 is 0 Å². The van der Waals surface area contributed by atoms with Gasteiger partial charge in [0.2, 0.25) is 0 Å². The van der Waals surface area contributed by atoms with Gasteiger partial charge in [-0.15, -0.1) is 0 Å². The normalized spacial score (nSPS) is 12.3. The van der Waals surface area contributed by atoms with E-state index in [4.69, 9.17) is 4.52 Å². The molecule has 8 heteroatoms. The van der Waals surface area contributed by atoms with Crippen LogP contribution in [0.5, 0.6) is 0 Å². The summed E-state index contributed by atoms with van der Waals surface area (Å²) in [7, 11) is 4.03. The number of carbonyl (C=O) groups is 1. The van der Waals surface area contributed by atoms with Crippen LogP contribution >= 0.6 is 23.1 Å². The van der Waals surface area contributed by atoms with Crippen LogP contribution in [0.1, 0.15) is 33.4 Å². The van der Waals surface area contributed by atoms with Crippen molar-refractivity contribution in [1.29, 1.82) is 0 Å². The summed E-state index contributed by atoms with van der Waals surface area (Å²) in [5, 5.41) is 11.9. The molecule has 0 aliphatic rings. The van der Waals surface area contributed by atoms with Gasteiger partial charge in [0.15, 0.2) is 0 Å². The molecular weight excluding hydrogens is 380 g/mol.